The predicted octanol–water partition coefficient (Wildman–Crippen LogP) is 0.734. The van der Waals surface area contributed by atoms with E-state index in [9.17, 15) is 4.79 Å². The fourth-order valence-corrected chi connectivity index (χ4v) is 1.15. The van der Waals surface area contributed by atoms with Crippen molar-refractivity contribution in [3.8, 4) is 0 Å². The maximum atomic E-state index is 11.9. The molecule has 94 valence electrons. The Morgan fingerprint density at radius 3 is 2.71 bits per heavy atom. The molecule has 0 saturated carbocycles. The number of nitrogens with one attached hydrogen (secondary N) is 1. The van der Waals surface area contributed by atoms with Gasteiger partial charge in [-0.3, -0.25) is 4.79 Å². The zero-order valence-electron chi connectivity index (χ0n) is 10.8. The maximum absolute atomic E-state index is 11.9. The van der Waals surface area contributed by atoms with Crippen molar-refractivity contribution in [3.05, 3.63) is 24.0 Å². The highest BCUT2D eigenvalue weighted by molar-refractivity contribution is 5.97. The van der Waals surface area contributed by atoms with E-state index in [4.69, 9.17) is 5.73 Å². The Kier molecular flexibility index (Phi) is 4.07. The number of carbonyl (C=O) groups is 1. The fourth-order valence-electron chi connectivity index (χ4n) is 1.15. The summed E-state index contributed by atoms with van der Waals surface area (Å²) < 4.78 is 0. The molecule has 0 aliphatic heterocycles. The van der Waals surface area contributed by atoms with Crippen LogP contribution in [-0.4, -0.2) is 42.0 Å². The molecule has 1 amide bonds. The zero-order chi connectivity index (χ0) is 13.1. The first kappa shape index (κ1) is 13.4. The van der Waals surface area contributed by atoms with E-state index in [0.717, 1.165) is 0 Å². The van der Waals surface area contributed by atoms with E-state index < -0.39 is 0 Å². The van der Waals surface area contributed by atoms with Gasteiger partial charge in [0.25, 0.3) is 5.91 Å². The molecule has 0 bridgehead atoms. The first-order chi connectivity index (χ1) is 7.84. The van der Waals surface area contributed by atoms with E-state index in [1.54, 1.807) is 18.3 Å². The van der Waals surface area contributed by atoms with Gasteiger partial charge in [0.2, 0.25) is 0 Å². The summed E-state index contributed by atoms with van der Waals surface area (Å²) in [5.74, 6) is -0.238. The van der Waals surface area contributed by atoms with Crippen LogP contribution < -0.4 is 11.1 Å². The Hall–Kier alpha value is -1.62. The van der Waals surface area contributed by atoms with Crippen LogP contribution in [0.15, 0.2) is 18.3 Å². The van der Waals surface area contributed by atoms with E-state index in [1.165, 1.54) is 0 Å². The molecule has 17 heavy (non-hydrogen) atoms. The number of rotatable bonds is 4. The number of hydrogen-bond donors (Lipinski definition) is 2. The van der Waals surface area contributed by atoms with Crippen molar-refractivity contribution in [3.63, 3.8) is 0 Å². The van der Waals surface area contributed by atoms with Gasteiger partial charge >= 0.3 is 0 Å². The van der Waals surface area contributed by atoms with Crippen molar-refractivity contribution in [1.29, 1.82) is 0 Å². The summed E-state index contributed by atoms with van der Waals surface area (Å²) in [6.45, 7) is 4.64. The summed E-state index contributed by atoms with van der Waals surface area (Å²) in [5, 5.41) is 2.84. The number of nitrogen functional groups attached to an aromatic ring is 1. The number of likely N-dealkylation sites (N-methyl/N-ethyl adjacent to an activating group) is 1. The highest BCUT2D eigenvalue weighted by Gasteiger charge is 2.22. The summed E-state index contributed by atoms with van der Waals surface area (Å²) in [7, 11) is 3.95. The molecule has 0 radical (unpaired) electrons. The van der Waals surface area contributed by atoms with Crippen molar-refractivity contribution in [2.24, 2.45) is 0 Å². The van der Waals surface area contributed by atoms with E-state index in [2.05, 4.69) is 29.0 Å². The minimum absolute atomic E-state index is 0.112. The lowest BCUT2D eigenvalue weighted by Crippen LogP contribution is -2.48. The number of carbonyl (C=O) groups excluding carboxylic acids is 1. The quantitative estimate of drug-likeness (QED) is 0.808. The number of amides is 1. The van der Waals surface area contributed by atoms with E-state index in [1.807, 2.05) is 14.1 Å². The highest BCUT2D eigenvalue weighted by Crippen LogP contribution is 2.10. The third kappa shape index (κ3) is 3.42. The third-order valence-electron chi connectivity index (χ3n) is 2.95. The summed E-state index contributed by atoms with van der Waals surface area (Å²) in [4.78, 5) is 17.9. The van der Waals surface area contributed by atoms with Crippen LogP contribution in [0.25, 0.3) is 0 Å². The largest absolute Gasteiger partial charge is 0.397 e. The van der Waals surface area contributed by atoms with Gasteiger partial charge in [-0.25, -0.2) is 4.98 Å². The Bertz CT molecular complexity index is 401. The predicted molar refractivity (Wildman–Crippen MR) is 68.7 cm³/mol. The molecule has 1 aromatic rings. The van der Waals surface area contributed by atoms with Crippen molar-refractivity contribution in [2.75, 3.05) is 26.4 Å². The number of anilines is 1. The van der Waals surface area contributed by atoms with Gasteiger partial charge in [-0.1, -0.05) is 0 Å². The average molecular weight is 236 g/mol. The van der Waals surface area contributed by atoms with Gasteiger partial charge in [0.15, 0.2) is 5.69 Å². The molecule has 5 nitrogen and oxygen atoms in total. The second-order valence-corrected chi connectivity index (χ2v) is 4.83. The van der Waals surface area contributed by atoms with Crippen molar-refractivity contribution < 1.29 is 4.79 Å². The second-order valence-electron chi connectivity index (χ2n) is 4.83. The van der Waals surface area contributed by atoms with Crippen LogP contribution in [-0.2, 0) is 0 Å². The third-order valence-corrected chi connectivity index (χ3v) is 2.95. The van der Waals surface area contributed by atoms with E-state index >= 15 is 0 Å². The summed E-state index contributed by atoms with van der Waals surface area (Å²) in [6, 6.07) is 3.37. The van der Waals surface area contributed by atoms with Gasteiger partial charge in [0.05, 0.1) is 5.69 Å². The SMILES string of the molecule is CN(C)C(C)(C)CNC(=O)c1ncccc1N. The molecule has 0 fully saturated rings. The second kappa shape index (κ2) is 5.14. The molecule has 1 rings (SSSR count). The molecule has 0 spiro atoms. The van der Waals surface area contributed by atoms with Gasteiger partial charge in [-0.15, -0.1) is 0 Å². The number of pyridine rings is 1. The van der Waals surface area contributed by atoms with Gasteiger partial charge in [0.1, 0.15) is 0 Å². The molecule has 0 unspecified atom stereocenters. The Balaban J connectivity index is 2.66. The summed E-state index contributed by atoms with van der Waals surface area (Å²) in [6.07, 6.45) is 1.56. The monoisotopic (exact) mass is 236 g/mol. The molecule has 0 aromatic carbocycles. The van der Waals surface area contributed by atoms with Crippen LogP contribution >= 0.6 is 0 Å². The van der Waals surface area contributed by atoms with Crippen molar-refractivity contribution >= 4 is 11.6 Å². The number of aromatic nitrogens is 1. The van der Waals surface area contributed by atoms with Crippen molar-refractivity contribution in [2.45, 2.75) is 19.4 Å². The summed E-state index contributed by atoms with van der Waals surface area (Å²) >= 11 is 0. The minimum atomic E-state index is -0.238. The van der Waals surface area contributed by atoms with Crippen LogP contribution in [0.4, 0.5) is 5.69 Å². The number of nitrogens with zero attached hydrogens (tertiary/aromatic N) is 2. The maximum Gasteiger partial charge on any atom is 0.272 e. The van der Waals surface area contributed by atoms with E-state index in [-0.39, 0.29) is 17.1 Å². The Labute approximate surface area is 102 Å². The number of hydrogen-bond acceptors (Lipinski definition) is 4. The smallest absolute Gasteiger partial charge is 0.272 e. The molecule has 0 saturated heterocycles. The molecule has 3 N–H and O–H groups in total. The zero-order valence-corrected chi connectivity index (χ0v) is 10.8. The molecule has 0 atom stereocenters. The lowest BCUT2D eigenvalue weighted by atomic mass is 10.0. The van der Waals surface area contributed by atoms with Gasteiger partial charge in [0, 0.05) is 18.3 Å². The first-order valence-corrected chi connectivity index (χ1v) is 5.51. The Morgan fingerprint density at radius 1 is 1.53 bits per heavy atom. The molecule has 0 aliphatic carbocycles. The van der Waals surface area contributed by atoms with Crippen LogP contribution in [0, 0.1) is 0 Å². The van der Waals surface area contributed by atoms with Gasteiger partial charge < -0.3 is 16.0 Å². The standard InChI is InChI=1S/C12H20N4O/c1-12(2,16(3)4)8-15-11(17)10-9(13)6-5-7-14-10/h5-7H,8,13H2,1-4H3,(H,15,17). The van der Waals surface area contributed by atoms with Crippen LogP contribution in [0.2, 0.25) is 0 Å². The van der Waals surface area contributed by atoms with Crippen LogP contribution in [0.3, 0.4) is 0 Å². The molecular formula is C12H20N4O. The average Bonchev–Trinajstić information content (AvgIpc) is 2.26. The lowest BCUT2D eigenvalue weighted by Gasteiger charge is -2.32. The minimum Gasteiger partial charge on any atom is -0.397 e. The highest BCUT2D eigenvalue weighted by atomic mass is 16.1. The molecule has 0 aliphatic rings. The van der Waals surface area contributed by atoms with Gasteiger partial charge in [-0.2, -0.15) is 0 Å². The van der Waals surface area contributed by atoms with Gasteiger partial charge in [-0.05, 0) is 40.1 Å². The van der Waals surface area contributed by atoms with Crippen LogP contribution in [0.1, 0.15) is 24.3 Å². The fraction of sp³-hybridized carbons (Fsp3) is 0.500. The van der Waals surface area contributed by atoms with Crippen molar-refractivity contribution in [1.82, 2.24) is 15.2 Å². The Morgan fingerprint density at radius 2 is 2.18 bits per heavy atom. The number of nitrogens with two attached hydrogens (primary N) is 1. The van der Waals surface area contributed by atoms with Crippen LogP contribution in [0.5, 0.6) is 0 Å². The molecule has 5 heteroatoms. The molecular weight excluding hydrogens is 216 g/mol. The normalized spacial score (nSPS) is 11.6. The topological polar surface area (TPSA) is 71.2 Å². The molecule has 1 aromatic heterocycles. The molecule has 1 heterocycles. The van der Waals surface area contributed by atoms with E-state index in [0.29, 0.717) is 12.2 Å². The summed E-state index contributed by atoms with van der Waals surface area (Å²) in [5.41, 5.74) is 6.25. The lowest BCUT2D eigenvalue weighted by molar-refractivity contribution is 0.0915. The first-order valence-electron chi connectivity index (χ1n) is 5.51.